The molecule has 0 aliphatic carbocycles. The second-order valence-corrected chi connectivity index (χ2v) is 6.06. The molecule has 0 aliphatic rings. The standard InChI is InChI=1S/C9H17O5P.C5H8O2/c1-5-13-15(11,14-6-2)7-12-9(10)8(3)4;1-4(2)5(6)7-3/h3,5-7H2,1-2,4H3;1H2,2-3H3. The van der Waals surface area contributed by atoms with Crippen molar-refractivity contribution in [1.82, 2.24) is 0 Å². The van der Waals surface area contributed by atoms with E-state index in [-0.39, 0.29) is 31.1 Å². The van der Waals surface area contributed by atoms with Crippen LogP contribution < -0.4 is 0 Å². The van der Waals surface area contributed by atoms with Crippen molar-refractivity contribution in [3.05, 3.63) is 24.3 Å². The first-order chi connectivity index (χ1) is 10.1. The van der Waals surface area contributed by atoms with Crippen LogP contribution in [-0.2, 0) is 32.7 Å². The van der Waals surface area contributed by atoms with Crippen molar-refractivity contribution in [2.45, 2.75) is 27.7 Å². The minimum absolute atomic E-state index is 0.238. The van der Waals surface area contributed by atoms with Gasteiger partial charge < -0.3 is 18.5 Å². The Morgan fingerprint density at radius 1 is 0.955 bits per heavy atom. The van der Waals surface area contributed by atoms with E-state index in [1.807, 2.05) is 0 Å². The van der Waals surface area contributed by atoms with Gasteiger partial charge in [0.25, 0.3) is 0 Å². The second-order valence-electron chi connectivity index (χ2n) is 4.06. The number of carbonyl (C=O) groups excluding carboxylic acids is 2. The van der Waals surface area contributed by atoms with Crippen LogP contribution >= 0.6 is 7.60 Å². The van der Waals surface area contributed by atoms with Crippen molar-refractivity contribution in [2.75, 3.05) is 26.7 Å². The van der Waals surface area contributed by atoms with Crippen LogP contribution in [0.5, 0.6) is 0 Å². The molecule has 0 saturated carbocycles. The number of rotatable bonds is 8. The Morgan fingerprint density at radius 2 is 1.36 bits per heavy atom. The summed E-state index contributed by atoms with van der Waals surface area (Å²) >= 11 is 0. The van der Waals surface area contributed by atoms with Gasteiger partial charge in [-0.25, -0.2) is 9.59 Å². The number of hydrogen-bond donors (Lipinski definition) is 0. The number of methoxy groups -OCH3 is 1. The van der Waals surface area contributed by atoms with Crippen LogP contribution in [0.15, 0.2) is 24.3 Å². The molecule has 0 fully saturated rings. The summed E-state index contributed by atoms with van der Waals surface area (Å²) in [5.74, 6) is -0.949. The first-order valence-electron chi connectivity index (χ1n) is 6.58. The highest BCUT2D eigenvalue weighted by Crippen LogP contribution is 2.47. The zero-order valence-electron chi connectivity index (χ0n) is 13.8. The predicted octanol–water partition coefficient (Wildman–Crippen LogP) is 3.06. The number of hydrogen-bond acceptors (Lipinski definition) is 7. The maximum atomic E-state index is 11.8. The Hall–Kier alpha value is -1.43. The molecule has 0 saturated heterocycles. The normalized spacial score (nSPS) is 10.0. The van der Waals surface area contributed by atoms with E-state index in [1.165, 1.54) is 14.0 Å². The summed E-state index contributed by atoms with van der Waals surface area (Å²) < 4.78 is 30.6. The maximum Gasteiger partial charge on any atom is 0.367 e. The minimum Gasteiger partial charge on any atom is -0.466 e. The van der Waals surface area contributed by atoms with Gasteiger partial charge in [0.15, 0.2) is 6.35 Å². The molecule has 0 aromatic rings. The van der Waals surface area contributed by atoms with Gasteiger partial charge in [0, 0.05) is 11.1 Å². The summed E-state index contributed by atoms with van der Waals surface area (Å²) in [5, 5.41) is 0. The molecule has 0 aromatic carbocycles. The van der Waals surface area contributed by atoms with Crippen LogP contribution in [0.3, 0.4) is 0 Å². The second kappa shape index (κ2) is 12.1. The average molecular weight is 336 g/mol. The molecule has 7 nitrogen and oxygen atoms in total. The van der Waals surface area contributed by atoms with Gasteiger partial charge in [-0.15, -0.1) is 0 Å². The zero-order valence-corrected chi connectivity index (χ0v) is 14.7. The highest BCUT2D eigenvalue weighted by atomic mass is 31.2. The molecule has 0 unspecified atom stereocenters. The summed E-state index contributed by atoms with van der Waals surface area (Å²) in [6, 6.07) is 0. The van der Waals surface area contributed by atoms with Crippen molar-refractivity contribution in [1.29, 1.82) is 0 Å². The van der Waals surface area contributed by atoms with Gasteiger partial charge in [-0.1, -0.05) is 13.2 Å². The first-order valence-corrected chi connectivity index (χ1v) is 8.30. The molecule has 0 N–H and O–H groups in total. The van der Waals surface area contributed by atoms with Crippen molar-refractivity contribution < 1.29 is 32.7 Å². The molecule has 0 rings (SSSR count). The lowest BCUT2D eigenvalue weighted by Crippen LogP contribution is -2.09. The Labute approximate surface area is 131 Å². The average Bonchev–Trinajstić information content (AvgIpc) is 2.44. The third-order valence-corrected chi connectivity index (χ3v) is 3.64. The molecule has 0 spiro atoms. The summed E-state index contributed by atoms with van der Waals surface area (Å²) in [7, 11) is -1.97. The SMILES string of the molecule is C=C(C)C(=O)OC.C=C(C)C(=O)OCP(=O)(OCC)OCC. The molecular formula is C14H25O7P. The van der Waals surface area contributed by atoms with Gasteiger partial charge in [-0.3, -0.25) is 4.57 Å². The molecule has 0 atom stereocenters. The predicted molar refractivity (Wildman–Crippen MR) is 83.5 cm³/mol. The molecule has 128 valence electrons. The van der Waals surface area contributed by atoms with E-state index in [0.717, 1.165) is 0 Å². The van der Waals surface area contributed by atoms with Crippen LogP contribution in [0.2, 0.25) is 0 Å². The molecule has 0 amide bonds. The minimum atomic E-state index is -3.30. The number of ether oxygens (including phenoxy) is 2. The molecule has 0 aliphatic heterocycles. The van der Waals surface area contributed by atoms with Crippen LogP contribution in [0.1, 0.15) is 27.7 Å². The third-order valence-electron chi connectivity index (χ3n) is 1.89. The van der Waals surface area contributed by atoms with E-state index in [4.69, 9.17) is 13.8 Å². The Morgan fingerprint density at radius 3 is 1.59 bits per heavy atom. The Bertz CT molecular complexity index is 432. The van der Waals surface area contributed by atoms with Crippen molar-refractivity contribution in [3.8, 4) is 0 Å². The maximum absolute atomic E-state index is 11.8. The smallest absolute Gasteiger partial charge is 0.367 e. The van der Waals surface area contributed by atoms with Gasteiger partial charge >= 0.3 is 19.5 Å². The van der Waals surface area contributed by atoms with Gasteiger partial charge in [0.1, 0.15) is 0 Å². The van der Waals surface area contributed by atoms with Gasteiger partial charge in [0.05, 0.1) is 20.3 Å². The molecule has 0 heterocycles. The topological polar surface area (TPSA) is 88.1 Å². The first kappa shape index (κ1) is 22.8. The summed E-state index contributed by atoms with van der Waals surface area (Å²) in [6.07, 6.45) is -0.375. The Balaban J connectivity index is 0. The lowest BCUT2D eigenvalue weighted by molar-refractivity contribution is -0.137. The number of carbonyl (C=O) groups is 2. The lowest BCUT2D eigenvalue weighted by Gasteiger charge is -2.16. The largest absolute Gasteiger partial charge is 0.466 e. The monoisotopic (exact) mass is 336 g/mol. The van der Waals surface area contributed by atoms with E-state index >= 15 is 0 Å². The molecule has 0 aromatic heterocycles. The van der Waals surface area contributed by atoms with Gasteiger partial charge in [-0.2, -0.15) is 0 Å². The number of esters is 2. The fourth-order valence-corrected chi connectivity index (χ4v) is 2.23. The zero-order chi connectivity index (χ0) is 17.8. The fraction of sp³-hybridized carbons (Fsp3) is 0.571. The van der Waals surface area contributed by atoms with Crippen molar-refractivity contribution in [2.24, 2.45) is 0 Å². The van der Waals surface area contributed by atoms with E-state index in [1.54, 1.807) is 20.8 Å². The van der Waals surface area contributed by atoms with Crippen LogP contribution in [0, 0.1) is 0 Å². The summed E-state index contributed by atoms with van der Waals surface area (Å²) in [6.45, 7) is 13.7. The molecular weight excluding hydrogens is 311 g/mol. The van der Waals surface area contributed by atoms with E-state index in [9.17, 15) is 14.2 Å². The Kier molecular flexibility index (Phi) is 12.6. The molecule has 0 radical (unpaired) electrons. The van der Waals surface area contributed by atoms with Crippen LogP contribution in [0.4, 0.5) is 0 Å². The van der Waals surface area contributed by atoms with E-state index in [0.29, 0.717) is 5.57 Å². The quantitative estimate of drug-likeness (QED) is 0.382. The fourth-order valence-electron chi connectivity index (χ4n) is 0.940. The molecule has 22 heavy (non-hydrogen) atoms. The van der Waals surface area contributed by atoms with E-state index in [2.05, 4.69) is 17.9 Å². The van der Waals surface area contributed by atoms with Crippen molar-refractivity contribution >= 4 is 19.5 Å². The van der Waals surface area contributed by atoms with E-state index < -0.39 is 13.6 Å². The van der Waals surface area contributed by atoms with Gasteiger partial charge in [-0.05, 0) is 27.7 Å². The highest BCUT2D eigenvalue weighted by molar-refractivity contribution is 7.53. The van der Waals surface area contributed by atoms with Crippen molar-refractivity contribution in [3.63, 3.8) is 0 Å². The highest BCUT2D eigenvalue weighted by Gasteiger charge is 2.25. The molecule has 0 bridgehead atoms. The molecule has 8 heteroatoms. The summed E-state index contributed by atoms with van der Waals surface area (Å²) in [4.78, 5) is 21.2. The third kappa shape index (κ3) is 11.3. The van der Waals surface area contributed by atoms with Crippen LogP contribution in [-0.4, -0.2) is 38.6 Å². The van der Waals surface area contributed by atoms with Crippen LogP contribution in [0.25, 0.3) is 0 Å². The van der Waals surface area contributed by atoms with Gasteiger partial charge in [0.2, 0.25) is 0 Å². The summed E-state index contributed by atoms with van der Waals surface area (Å²) in [5.41, 5.74) is 0.678. The lowest BCUT2D eigenvalue weighted by atomic mass is 10.4.